The summed E-state index contributed by atoms with van der Waals surface area (Å²) in [6.45, 7) is 0.488. The van der Waals surface area contributed by atoms with Gasteiger partial charge in [-0.15, -0.1) is 0 Å². The largest absolute Gasteiger partial charge is 0.381 e. The maximum absolute atomic E-state index is 12.7. The molecule has 0 bridgehead atoms. The van der Waals surface area contributed by atoms with Crippen molar-refractivity contribution in [2.24, 2.45) is 0 Å². The smallest absolute Gasteiger partial charge is 0.271 e. The Hall–Kier alpha value is -2.43. The molecule has 0 fully saturated rings. The molecule has 0 saturated heterocycles. The predicted octanol–water partition coefficient (Wildman–Crippen LogP) is 3.35. The van der Waals surface area contributed by atoms with E-state index in [-0.39, 0.29) is 11.5 Å². The number of nitrogens with zero attached hydrogens (tertiary/aromatic N) is 1. The number of hydrogen-bond donors (Lipinski definition) is 1. The van der Waals surface area contributed by atoms with Gasteiger partial charge in [0.05, 0.1) is 4.92 Å². The summed E-state index contributed by atoms with van der Waals surface area (Å²) < 4.78 is 12.7. The molecule has 1 N–H and O–H groups in total. The van der Waals surface area contributed by atoms with Gasteiger partial charge in [0.25, 0.3) is 5.69 Å². The first-order valence-electron chi connectivity index (χ1n) is 5.38. The minimum atomic E-state index is -0.441. The normalized spacial score (nSPS) is 10.1. The number of benzene rings is 2. The number of nitro benzene ring substituents is 1. The van der Waals surface area contributed by atoms with Crippen LogP contribution in [-0.4, -0.2) is 4.92 Å². The van der Waals surface area contributed by atoms with Gasteiger partial charge in [-0.25, -0.2) is 4.39 Å². The number of halogens is 1. The highest BCUT2D eigenvalue weighted by Crippen LogP contribution is 2.17. The predicted molar refractivity (Wildman–Crippen MR) is 66.8 cm³/mol. The number of hydrogen-bond acceptors (Lipinski definition) is 3. The van der Waals surface area contributed by atoms with E-state index >= 15 is 0 Å². The van der Waals surface area contributed by atoms with Gasteiger partial charge in [0.1, 0.15) is 5.82 Å². The third-order valence-corrected chi connectivity index (χ3v) is 2.47. The van der Waals surface area contributed by atoms with Crippen LogP contribution in [0.4, 0.5) is 15.8 Å². The molecule has 0 spiro atoms. The van der Waals surface area contributed by atoms with Crippen LogP contribution in [0.2, 0.25) is 0 Å². The zero-order valence-corrected chi connectivity index (χ0v) is 9.47. The fraction of sp³-hybridized carbons (Fsp3) is 0.0769. The van der Waals surface area contributed by atoms with Crippen molar-refractivity contribution >= 4 is 11.4 Å². The lowest BCUT2D eigenvalue weighted by molar-refractivity contribution is -0.384. The van der Waals surface area contributed by atoms with Crippen molar-refractivity contribution in [1.82, 2.24) is 0 Å². The summed E-state index contributed by atoms with van der Waals surface area (Å²) in [6, 6.07) is 12.3. The van der Waals surface area contributed by atoms with E-state index in [4.69, 9.17) is 0 Å². The summed E-state index contributed by atoms with van der Waals surface area (Å²) in [6.07, 6.45) is 0. The molecule has 0 aromatic heterocycles. The van der Waals surface area contributed by atoms with Crippen LogP contribution in [0.3, 0.4) is 0 Å². The minimum Gasteiger partial charge on any atom is -0.381 e. The van der Waals surface area contributed by atoms with Gasteiger partial charge in [-0.05, 0) is 23.8 Å². The molecule has 0 heterocycles. The molecule has 92 valence electrons. The van der Waals surface area contributed by atoms with Crippen LogP contribution in [0.25, 0.3) is 0 Å². The molecule has 5 heteroatoms. The summed E-state index contributed by atoms with van der Waals surface area (Å²) in [4.78, 5) is 10.2. The Labute approximate surface area is 103 Å². The molecule has 2 aromatic rings. The second-order valence-electron chi connectivity index (χ2n) is 3.79. The highest BCUT2D eigenvalue weighted by molar-refractivity contribution is 5.51. The van der Waals surface area contributed by atoms with Crippen molar-refractivity contribution in [2.75, 3.05) is 5.32 Å². The van der Waals surface area contributed by atoms with Gasteiger partial charge in [0.2, 0.25) is 0 Å². The lowest BCUT2D eigenvalue weighted by Gasteiger charge is -2.06. The molecule has 2 aromatic carbocycles. The summed E-state index contributed by atoms with van der Waals surface area (Å²) in [5.41, 5.74) is 1.61. The van der Waals surface area contributed by atoms with Gasteiger partial charge < -0.3 is 5.32 Å². The topological polar surface area (TPSA) is 55.2 Å². The van der Waals surface area contributed by atoms with Gasteiger partial charge in [-0.2, -0.15) is 0 Å². The molecule has 0 saturated carbocycles. The minimum absolute atomic E-state index is 0.0408. The molecule has 0 atom stereocenters. The van der Waals surface area contributed by atoms with Crippen molar-refractivity contribution in [3.8, 4) is 0 Å². The van der Waals surface area contributed by atoms with Gasteiger partial charge in [0.15, 0.2) is 0 Å². The summed E-state index contributed by atoms with van der Waals surface area (Å²) in [5.74, 6) is -0.283. The Morgan fingerprint density at radius 1 is 1.17 bits per heavy atom. The number of anilines is 1. The molecule has 4 nitrogen and oxygen atoms in total. The van der Waals surface area contributed by atoms with Crippen LogP contribution in [0.5, 0.6) is 0 Å². The Bertz CT molecular complexity index is 555. The van der Waals surface area contributed by atoms with E-state index in [1.165, 1.54) is 24.3 Å². The lowest BCUT2D eigenvalue weighted by atomic mass is 10.2. The van der Waals surface area contributed by atoms with Gasteiger partial charge in [-0.1, -0.05) is 18.2 Å². The standard InChI is InChI=1S/C13H11FN2O2/c14-11-6-4-10(5-7-11)9-15-12-2-1-3-13(8-12)16(17)18/h1-8,15H,9H2. The summed E-state index contributed by atoms with van der Waals surface area (Å²) in [5, 5.41) is 13.6. The Morgan fingerprint density at radius 2 is 1.89 bits per heavy atom. The van der Waals surface area contributed by atoms with E-state index in [2.05, 4.69) is 5.32 Å². The van der Waals surface area contributed by atoms with E-state index < -0.39 is 4.92 Å². The maximum Gasteiger partial charge on any atom is 0.271 e. The average molecular weight is 246 g/mol. The molecule has 0 aliphatic rings. The van der Waals surface area contributed by atoms with Crippen LogP contribution < -0.4 is 5.32 Å². The van der Waals surface area contributed by atoms with E-state index in [0.717, 1.165) is 5.56 Å². The monoisotopic (exact) mass is 246 g/mol. The lowest BCUT2D eigenvalue weighted by Crippen LogP contribution is -1.99. The van der Waals surface area contributed by atoms with Crippen molar-refractivity contribution in [3.63, 3.8) is 0 Å². The molecule has 18 heavy (non-hydrogen) atoms. The van der Waals surface area contributed by atoms with E-state index in [1.807, 2.05) is 0 Å². The average Bonchev–Trinajstić information content (AvgIpc) is 2.38. The second kappa shape index (κ2) is 5.27. The summed E-state index contributed by atoms with van der Waals surface area (Å²) >= 11 is 0. The molecule has 0 radical (unpaired) electrons. The number of rotatable bonds is 4. The van der Waals surface area contributed by atoms with Crippen LogP contribution in [-0.2, 0) is 6.54 Å². The fourth-order valence-electron chi connectivity index (χ4n) is 1.54. The Morgan fingerprint density at radius 3 is 2.56 bits per heavy atom. The van der Waals surface area contributed by atoms with Crippen molar-refractivity contribution in [2.45, 2.75) is 6.54 Å². The zero-order valence-electron chi connectivity index (χ0n) is 9.47. The molecule has 0 aliphatic heterocycles. The molecular formula is C13H11FN2O2. The zero-order chi connectivity index (χ0) is 13.0. The SMILES string of the molecule is O=[N+]([O-])c1cccc(NCc2ccc(F)cc2)c1. The highest BCUT2D eigenvalue weighted by atomic mass is 19.1. The van der Waals surface area contributed by atoms with Crippen molar-refractivity contribution in [1.29, 1.82) is 0 Å². The van der Waals surface area contributed by atoms with Gasteiger partial charge in [-0.3, -0.25) is 10.1 Å². The van der Waals surface area contributed by atoms with Crippen LogP contribution in [0.15, 0.2) is 48.5 Å². The van der Waals surface area contributed by atoms with Gasteiger partial charge in [0, 0.05) is 24.4 Å². The maximum atomic E-state index is 12.7. The highest BCUT2D eigenvalue weighted by Gasteiger charge is 2.05. The van der Waals surface area contributed by atoms with Crippen LogP contribution in [0, 0.1) is 15.9 Å². The van der Waals surface area contributed by atoms with Crippen LogP contribution in [0.1, 0.15) is 5.56 Å². The molecule has 0 amide bonds. The number of non-ortho nitro benzene ring substituents is 1. The van der Waals surface area contributed by atoms with E-state index in [0.29, 0.717) is 12.2 Å². The first-order chi connectivity index (χ1) is 8.65. The quantitative estimate of drug-likeness (QED) is 0.664. The van der Waals surface area contributed by atoms with Crippen molar-refractivity contribution < 1.29 is 9.31 Å². The second-order valence-corrected chi connectivity index (χ2v) is 3.79. The van der Waals surface area contributed by atoms with Crippen LogP contribution >= 0.6 is 0 Å². The van der Waals surface area contributed by atoms with Gasteiger partial charge >= 0.3 is 0 Å². The molecule has 0 unspecified atom stereocenters. The van der Waals surface area contributed by atoms with E-state index in [1.54, 1.807) is 24.3 Å². The third kappa shape index (κ3) is 3.04. The molecule has 0 aliphatic carbocycles. The molecule has 2 rings (SSSR count). The summed E-state index contributed by atoms with van der Waals surface area (Å²) in [7, 11) is 0. The number of nitrogens with one attached hydrogen (secondary N) is 1. The van der Waals surface area contributed by atoms with Crippen molar-refractivity contribution in [3.05, 3.63) is 70.0 Å². The van der Waals surface area contributed by atoms with E-state index in [9.17, 15) is 14.5 Å². The number of nitro groups is 1. The first-order valence-corrected chi connectivity index (χ1v) is 5.38. The third-order valence-electron chi connectivity index (χ3n) is 2.47. The Kier molecular flexibility index (Phi) is 3.52. The Balaban J connectivity index is 2.04. The molecular weight excluding hydrogens is 235 g/mol. The fourth-order valence-corrected chi connectivity index (χ4v) is 1.54. The first kappa shape index (κ1) is 12.0.